The second-order valence-corrected chi connectivity index (χ2v) is 7.87. The number of halogens is 3. The molecule has 0 aliphatic carbocycles. The summed E-state index contributed by atoms with van der Waals surface area (Å²) in [4.78, 5) is 12.8. The molecule has 1 aromatic heterocycles. The summed E-state index contributed by atoms with van der Waals surface area (Å²) in [5, 5.41) is 9.07. The first-order valence-corrected chi connectivity index (χ1v) is 10.3. The molecule has 3 N–H and O–H groups in total. The standard InChI is InChI=1S/C21H21Cl3N4O/c1-13-19(21(29)26-11-3-2-10-25)27-28(18-9-8-16(23)12-17(18)24)20(13)14-4-6-15(22)7-5-14/h4-9,12H,2-3,10-11,25H2,1H3,(H,26,29). The predicted octanol–water partition coefficient (Wildman–Crippen LogP) is 5.28. The van der Waals surface area contributed by atoms with E-state index in [0.717, 1.165) is 29.7 Å². The highest BCUT2D eigenvalue weighted by Crippen LogP contribution is 2.33. The number of carbonyl (C=O) groups is 1. The molecule has 1 heterocycles. The summed E-state index contributed by atoms with van der Waals surface area (Å²) in [5.74, 6) is -0.237. The summed E-state index contributed by atoms with van der Waals surface area (Å²) >= 11 is 18.5. The first-order chi connectivity index (χ1) is 13.9. The molecule has 3 rings (SSSR count). The molecule has 152 valence electrons. The number of amides is 1. The van der Waals surface area contributed by atoms with Crippen LogP contribution in [-0.4, -0.2) is 28.8 Å². The zero-order chi connectivity index (χ0) is 21.0. The number of benzene rings is 2. The molecule has 3 aromatic rings. The van der Waals surface area contributed by atoms with Gasteiger partial charge in [-0.05, 0) is 56.6 Å². The van der Waals surface area contributed by atoms with Crippen LogP contribution in [-0.2, 0) is 0 Å². The molecule has 1 amide bonds. The molecular formula is C21H21Cl3N4O. The van der Waals surface area contributed by atoms with E-state index in [1.807, 2.05) is 19.1 Å². The molecule has 8 heteroatoms. The minimum absolute atomic E-state index is 0.237. The molecule has 0 spiro atoms. The van der Waals surface area contributed by atoms with Crippen molar-refractivity contribution < 1.29 is 4.79 Å². The van der Waals surface area contributed by atoms with E-state index in [0.29, 0.717) is 39.5 Å². The summed E-state index contributed by atoms with van der Waals surface area (Å²) < 4.78 is 1.67. The fourth-order valence-electron chi connectivity index (χ4n) is 3.04. The third-order valence-corrected chi connectivity index (χ3v) is 5.30. The fourth-order valence-corrected chi connectivity index (χ4v) is 3.66. The van der Waals surface area contributed by atoms with Gasteiger partial charge in [-0.2, -0.15) is 5.10 Å². The van der Waals surface area contributed by atoms with Gasteiger partial charge >= 0.3 is 0 Å². The topological polar surface area (TPSA) is 72.9 Å². The molecule has 0 aliphatic rings. The van der Waals surface area contributed by atoms with Crippen molar-refractivity contribution in [3.8, 4) is 16.9 Å². The molecule has 0 unspecified atom stereocenters. The van der Waals surface area contributed by atoms with Gasteiger partial charge in [0.15, 0.2) is 5.69 Å². The summed E-state index contributed by atoms with van der Waals surface area (Å²) in [5.41, 5.74) is 8.86. The van der Waals surface area contributed by atoms with Gasteiger partial charge in [0, 0.05) is 27.7 Å². The van der Waals surface area contributed by atoms with Crippen LogP contribution in [0.4, 0.5) is 0 Å². The van der Waals surface area contributed by atoms with E-state index in [4.69, 9.17) is 40.5 Å². The van der Waals surface area contributed by atoms with Crippen LogP contribution in [0.3, 0.4) is 0 Å². The van der Waals surface area contributed by atoms with Crippen LogP contribution in [0.25, 0.3) is 16.9 Å². The Morgan fingerprint density at radius 3 is 2.41 bits per heavy atom. The Morgan fingerprint density at radius 1 is 1.07 bits per heavy atom. The van der Waals surface area contributed by atoms with Crippen molar-refractivity contribution in [2.24, 2.45) is 5.73 Å². The number of aromatic nitrogens is 2. The highest BCUT2D eigenvalue weighted by atomic mass is 35.5. The fraction of sp³-hybridized carbons (Fsp3) is 0.238. The number of nitrogens with zero attached hydrogens (tertiary/aromatic N) is 2. The zero-order valence-electron chi connectivity index (χ0n) is 15.9. The Hall–Kier alpha value is -2.05. The average molecular weight is 452 g/mol. The molecule has 0 aliphatic heterocycles. The highest BCUT2D eigenvalue weighted by Gasteiger charge is 2.23. The Bertz CT molecular complexity index is 1020. The van der Waals surface area contributed by atoms with Gasteiger partial charge in [-0.1, -0.05) is 46.9 Å². The summed E-state index contributed by atoms with van der Waals surface area (Å²) in [6, 6.07) is 12.5. The van der Waals surface area contributed by atoms with E-state index in [1.165, 1.54) is 0 Å². The lowest BCUT2D eigenvalue weighted by atomic mass is 10.1. The monoisotopic (exact) mass is 450 g/mol. The van der Waals surface area contributed by atoms with Gasteiger partial charge < -0.3 is 11.1 Å². The Balaban J connectivity index is 2.08. The van der Waals surface area contributed by atoms with Crippen molar-refractivity contribution in [2.45, 2.75) is 19.8 Å². The highest BCUT2D eigenvalue weighted by molar-refractivity contribution is 6.35. The molecule has 0 saturated carbocycles. The molecule has 2 aromatic carbocycles. The first-order valence-electron chi connectivity index (χ1n) is 9.21. The van der Waals surface area contributed by atoms with Gasteiger partial charge in [-0.3, -0.25) is 4.79 Å². The lowest BCUT2D eigenvalue weighted by Gasteiger charge is -2.11. The minimum Gasteiger partial charge on any atom is -0.351 e. The SMILES string of the molecule is Cc1c(C(=O)NCCCCN)nn(-c2ccc(Cl)cc2Cl)c1-c1ccc(Cl)cc1. The number of nitrogens with one attached hydrogen (secondary N) is 1. The van der Waals surface area contributed by atoms with Gasteiger partial charge in [0.05, 0.1) is 16.4 Å². The van der Waals surface area contributed by atoms with E-state index in [2.05, 4.69) is 10.4 Å². The number of unbranched alkanes of at least 4 members (excludes halogenated alkanes) is 1. The molecule has 0 bridgehead atoms. The molecule has 0 radical (unpaired) electrons. The van der Waals surface area contributed by atoms with E-state index in [1.54, 1.807) is 35.0 Å². The lowest BCUT2D eigenvalue weighted by Crippen LogP contribution is -2.26. The van der Waals surface area contributed by atoms with E-state index in [9.17, 15) is 4.79 Å². The maximum absolute atomic E-state index is 12.8. The molecule has 0 atom stereocenters. The number of nitrogens with two attached hydrogens (primary N) is 1. The maximum atomic E-state index is 12.8. The molecule has 0 fully saturated rings. The zero-order valence-corrected chi connectivity index (χ0v) is 18.2. The summed E-state index contributed by atoms with van der Waals surface area (Å²) in [6.07, 6.45) is 1.67. The van der Waals surface area contributed by atoms with Crippen molar-refractivity contribution in [1.29, 1.82) is 0 Å². The predicted molar refractivity (Wildman–Crippen MR) is 119 cm³/mol. The molecule has 29 heavy (non-hydrogen) atoms. The summed E-state index contributed by atoms with van der Waals surface area (Å²) in [7, 11) is 0. The van der Waals surface area contributed by atoms with Crippen molar-refractivity contribution in [2.75, 3.05) is 13.1 Å². The average Bonchev–Trinajstić information content (AvgIpc) is 3.03. The van der Waals surface area contributed by atoms with Crippen molar-refractivity contribution >= 4 is 40.7 Å². The van der Waals surface area contributed by atoms with Crippen molar-refractivity contribution in [1.82, 2.24) is 15.1 Å². The molecular weight excluding hydrogens is 431 g/mol. The Morgan fingerprint density at radius 2 is 1.76 bits per heavy atom. The third kappa shape index (κ3) is 4.93. The molecule has 0 saturated heterocycles. The third-order valence-electron chi connectivity index (χ3n) is 4.51. The van der Waals surface area contributed by atoms with Gasteiger partial charge in [0.2, 0.25) is 0 Å². The molecule has 5 nitrogen and oxygen atoms in total. The van der Waals surface area contributed by atoms with Crippen LogP contribution in [0.15, 0.2) is 42.5 Å². The van der Waals surface area contributed by atoms with Gasteiger partial charge in [-0.25, -0.2) is 4.68 Å². The lowest BCUT2D eigenvalue weighted by molar-refractivity contribution is 0.0947. The number of rotatable bonds is 7. The maximum Gasteiger partial charge on any atom is 0.272 e. The Kier molecular flexibility index (Phi) is 7.19. The van der Waals surface area contributed by atoms with E-state index in [-0.39, 0.29) is 5.91 Å². The van der Waals surface area contributed by atoms with Crippen LogP contribution in [0.2, 0.25) is 15.1 Å². The van der Waals surface area contributed by atoms with Crippen LogP contribution < -0.4 is 11.1 Å². The minimum atomic E-state index is -0.237. The van der Waals surface area contributed by atoms with Crippen molar-refractivity contribution in [3.63, 3.8) is 0 Å². The first kappa shape index (κ1) is 21.7. The van der Waals surface area contributed by atoms with Crippen LogP contribution in [0, 0.1) is 6.92 Å². The van der Waals surface area contributed by atoms with Crippen LogP contribution in [0.1, 0.15) is 28.9 Å². The number of hydrogen-bond acceptors (Lipinski definition) is 3. The smallest absolute Gasteiger partial charge is 0.272 e. The van der Waals surface area contributed by atoms with Gasteiger partial charge in [0.25, 0.3) is 5.91 Å². The quantitative estimate of drug-likeness (QED) is 0.480. The number of carbonyl (C=O) groups excluding carboxylic acids is 1. The second-order valence-electron chi connectivity index (χ2n) is 6.59. The van der Waals surface area contributed by atoms with E-state index < -0.39 is 0 Å². The normalized spacial score (nSPS) is 10.9. The van der Waals surface area contributed by atoms with Gasteiger partial charge in [-0.15, -0.1) is 0 Å². The number of hydrogen-bond donors (Lipinski definition) is 2. The van der Waals surface area contributed by atoms with Crippen LogP contribution >= 0.6 is 34.8 Å². The Labute approximate surface area is 184 Å². The van der Waals surface area contributed by atoms with Crippen molar-refractivity contribution in [3.05, 3.63) is 68.8 Å². The van der Waals surface area contributed by atoms with Gasteiger partial charge in [0.1, 0.15) is 0 Å². The largest absolute Gasteiger partial charge is 0.351 e. The van der Waals surface area contributed by atoms with Crippen LogP contribution in [0.5, 0.6) is 0 Å². The van der Waals surface area contributed by atoms with E-state index >= 15 is 0 Å². The summed E-state index contributed by atoms with van der Waals surface area (Å²) in [6.45, 7) is 3.01. The second kappa shape index (κ2) is 9.63.